The number of pyridine rings is 1. The highest BCUT2D eigenvalue weighted by Gasteiger charge is 2.21. The van der Waals surface area contributed by atoms with Crippen molar-refractivity contribution in [1.29, 1.82) is 0 Å². The van der Waals surface area contributed by atoms with E-state index in [1.165, 1.54) is 19.4 Å². The Hall–Kier alpha value is -1.84. The number of fused-ring (bicyclic) bond motifs is 1. The van der Waals surface area contributed by atoms with Gasteiger partial charge < -0.3 is 9.14 Å². The molecule has 0 fully saturated rings. The molecule has 0 bridgehead atoms. The van der Waals surface area contributed by atoms with E-state index in [0.29, 0.717) is 0 Å². The Kier molecular flexibility index (Phi) is 2.88. The molecule has 2 heterocycles. The molecule has 0 aliphatic rings. The van der Waals surface area contributed by atoms with Crippen LogP contribution in [0.25, 0.3) is 5.52 Å². The van der Waals surface area contributed by atoms with E-state index in [1.54, 1.807) is 17.4 Å². The SMILES string of the molecule is COC(=O)[C@H](C)c1c(C)cn2cc(F)ccc12. The number of carbonyl (C=O) groups is 1. The molecule has 0 amide bonds. The van der Waals surface area contributed by atoms with Crippen LogP contribution in [0.3, 0.4) is 0 Å². The Morgan fingerprint density at radius 2 is 2.12 bits per heavy atom. The van der Waals surface area contributed by atoms with E-state index < -0.39 is 0 Å². The summed E-state index contributed by atoms with van der Waals surface area (Å²) in [6, 6.07) is 3.07. The van der Waals surface area contributed by atoms with Crippen molar-refractivity contribution in [3.63, 3.8) is 0 Å². The molecule has 3 nitrogen and oxygen atoms in total. The second-order valence-electron chi connectivity index (χ2n) is 4.11. The molecule has 0 unspecified atom stereocenters. The molecule has 0 aliphatic heterocycles. The van der Waals surface area contributed by atoms with Gasteiger partial charge in [0, 0.05) is 17.9 Å². The topological polar surface area (TPSA) is 30.7 Å². The van der Waals surface area contributed by atoms with Crippen molar-refractivity contribution >= 4 is 11.5 Å². The minimum absolute atomic E-state index is 0.287. The van der Waals surface area contributed by atoms with Crippen molar-refractivity contribution in [2.75, 3.05) is 7.11 Å². The zero-order valence-corrected chi connectivity index (χ0v) is 10.0. The van der Waals surface area contributed by atoms with E-state index >= 15 is 0 Å². The highest BCUT2D eigenvalue weighted by molar-refractivity contribution is 5.82. The third-order valence-corrected chi connectivity index (χ3v) is 2.96. The zero-order valence-electron chi connectivity index (χ0n) is 10.0. The summed E-state index contributed by atoms with van der Waals surface area (Å²) in [5, 5.41) is 0. The van der Waals surface area contributed by atoms with E-state index in [1.807, 2.05) is 13.1 Å². The molecule has 0 spiro atoms. The number of rotatable bonds is 2. The lowest BCUT2D eigenvalue weighted by atomic mass is 9.99. The van der Waals surface area contributed by atoms with E-state index in [2.05, 4.69) is 0 Å². The first-order valence-corrected chi connectivity index (χ1v) is 5.39. The number of hydrogen-bond acceptors (Lipinski definition) is 2. The molecule has 0 aromatic carbocycles. The largest absolute Gasteiger partial charge is 0.469 e. The van der Waals surface area contributed by atoms with E-state index in [0.717, 1.165) is 16.6 Å². The van der Waals surface area contributed by atoms with Crippen molar-refractivity contribution in [3.05, 3.63) is 41.5 Å². The fourth-order valence-corrected chi connectivity index (χ4v) is 2.16. The number of carbonyl (C=O) groups excluding carboxylic acids is 1. The number of halogens is 1. The lowest BCUT2D eigenvalue weighted by Crippen LogP contribution is -2.11. The molecule has 0 saturated heterocycles. The monoisotopic (exact) mass is 235 g/mol. The summed E-state index contributed by atoms with van der Waals surface area (Å²) in [7, 11) is 1.37. The second kappa shape index (κ2) is 4.20. The molecule has 2 aromatic rings. The van der Waals surface area contributed by atoms with Crippen LogP contribution in [-0.2, 0) is 9.53 Å². The summed E-state index contributed by atoms with van der Waals surface area (Å²) in [6.07, 6.45) is 3.21. The maximum Gasteiger partial charge on any atom is 0.312 e. The maximum atomic E-state index is 13.1. The summed E-state index contributed by atoms with van der Waals surface area (Å²) >= 11 is 0. The first-order chi connectivity index (χ1) is 8.04. The first-order valence-electron chi connectivity index (χ1n) is 5.39. The normalized spacial score (nSPS) is 12.7. The maximum absolute atomic E-state index is 13.1. The Balaban J connectivity index is 2.61. The van der Waals surface area contributed by atoms with Gasteiger partial charge in [-0.15, -0.1) is 0 Å². The molecule has 90 valence electrons. The lowest BCUT2D eigenvalue weighted by molar-refractivity contribution is -0.141. The van der Waals surface area contributed by atoms with Gasteiger partial charge in [-0.3, -0.25) is 4.79 Å². The quantitative estimate of drug-likeness (QED) is 0.749. The third-order valence-electron chi connectivity index (χ3n) is 2.96. The molecular weight excluding hydrogens is 221 g/mol. The van der Waals surface area contributed by atoms with Crippen LogP contribution in [0.1, 0.15) is 24.0 Å². The Morgan fingerprint density at radius 3 is 2.76 bits per heavy atom. The first kappa shape index (κ1) is 11.6. The molecule has 0 radical (unpaired) electrons. The number of aryl methyl sites for hydroxylation is 1. The summed E-state index contributed by atoms with van der Waals surface area (Å²) in [5.41, 5.74) is 2.67. The molecule has 2 aromatic heterocycles. The number of aromatic nitrogens is 1. The molecular formula is C13H14FNO2. The summed E-state index contributed by atoms with van der Waals surface area (Å²) < 4.78 is 19.5. The fourth-order valence-electron chi connectivity index (χ4n) is 2.16. The standard InChI is InChI=1S/C13H14FNO2/c1-8-6-15-7-10(14)4-5-11(15)12(8)9(2)13(16)17-3/h4-7,9H,1-3H3/t9-/m1/s1. The molecule has 17 heavy (non-hydrogen) atoms. The lowest BCUT2D eigenvalue weighted by Gasteiger charge is -2.09. The molecule has 2 rings (SSSR count). The van der Waals surface area contributed by atoms with E-state index in [4.69, 9.17) is 4.74 Å². The number of esters is 1. The number of methoxy groups -OCH3 is 1. The van der Waals surface area contributed by atoms with Gasteiger partial charge in [-0.1, -0.05) is 0 Å². The number of ether oxygens (including phenoxy) is 1. The molecule has 0 aliphatic carbocycles. The van der Waals surface area contributed by atoms with Gasteiger partial charge in [-0.05, 0) is 37.1 Å². The number of hydrogen-bond donors (Lipinski definition) is 0. The second-order valence-corrected chi connectivity index (χ2v) is 4.11. The van der Waals surface area contributed by atoms with Crippen molar-refractivity contribution in [3.8, 4) is 0 Å². The van der Waals surface area contributed by atoms with Gasteiger partial charge in [-0.25, -0.2) is 4.39 Å². The van der Waals surface area contributed by atoms with Gasteiger partial charge in [0.05, 0.1) is 13.0 Å². The average Bonchev–Trinajstić information content (AvgIpc) is 2.62. The molecule has 0 saturated carbocycles. The average molecular weight is 235 g/mol. The Labute approximate surface area is 98.8 Å². The van der Waals surface area contributed by atoms with Crippen molar-refractivity contribution in [2.45, 2.75) is 19.8 Å². The summed E-state index contributed by atoms with van der Waals surface area (Å²) in [4.78, 5) is 11.6. The van der Waals surface area contributed by atoms with Crippen LogP contribution in [-0.4, -0.2) is 17.5 Å². The summed E-state index contributed by atoms with van der Waals surface area (Å²) in [5.74, 6) is -0.939. The predicted octanol–water partition coefficient (Wildman–Crippen LogP) is 2.66. The van der Waals surface area contributed by atoms with Crippen molar-refractivity contribution in [1.82, 2.24) is 4.40 Å². The van der Waals surface area contributed by atoms with Crippen molar-refractivity contribution < 1.29 is 13.9 Å². The smallest absolute Gasteiger partial charge is 0.312 e. The van der Waals surface area contributed by atoms with Gasteiger partial charge in [0.15, 0.2) is 0 Å². The van der Waals surface area contributed by atoms with Crippen LogP contribution in [0.4, 0.5) is 4.39 Å². The number of nitrogens with zero attached hydrogens (tertiary/aromatic N) is 1. The Morgan fingerprint density at radius 1 is 1.41 bits per heavy atom. The summed E-state index contributed by atoms with van der Waals surface area (Å²) in [6.45, 7) is 3.69. The minimum atomic E-state index is -0.351. The van der Waals surface area contributed by atoms with Gasteiger partial charge in [0.2, 0.25) is 0 Å². The molecule has 4 heteroatoms. The predicted molar refractivity (Wildman–Crippen MR) is 62.5 cm³/mol. The molecule has 0 N–H and O–H groups in total. The van der Waals surface area contributed by atoms with E-state index in [-0.39, 0.29) is 17.7 Å². The fraction of sp³-hybridized carbons (Fsp3) is 0.308. The van der Waals surface area contributed by atoms with Crippen molar-refractivity contribution in [2.24, 2.45) is 0 Å². The van der Waals surface area contributed by atoms with Gasteiger partial charge in [0.25, 0.3) is 0 Å². The zero-order chi connectivity index (χ0) is 12.6. The highest BCUT2D eigenvalue weighted by atomic mass is 19.1. The third kappa shape index (κ3) is 1.90. The van der Waals surface area contributed by atoms with Gasteiger partial charge in [-0.2, -0.15) is 0 Å². The van der Waals surface area contributed by atoms with Crippen LogP contribution in [0.2, 0.25) is 0 Å². The Bertz CT molecular complexity index is 574. The van der Waals surface area contributed by atoms with Crippen LogP contribution < -0.4 is 0 Å². The van der Waals surface area contributed by atoms with Crippen LogP contribution in [0.5, 0.6) is 0 Å². The molecule has 1 atom stereocenters. The van der Waals surface area contributed by atoms with Gasteiger partial charge >= 0.3 is 5.97 Å². The minimum Gasteiger partial charge on any atom is -0.469 e. The van der Waals surface area contributed by atoms with Crippen LogP contribution >= 0.6 is 0 Å². The van der Waals surface area contributed by atoms with E-state index in [9.17, 15) is 9.18 Å². The van der Waals surface area contributed by atoms with Gasteiger partial charge in [0.1, 0.15) is 5.82 Å². The van der Waals surface area contributed by atoms with Crippen LogP contribution in [0.15, 0.2) is 24.5 Å². The van der Waals surface area contributed by atoms with Crippen LogP contribution in [0, 0.1) is 12.7 Å². The highest BCUT2D eigenvalue weighted by Crippen LogP contribution is 2.27.